The summed E-state index contributed by atoms with van der Waals surface area (Å²) in [5, 5.41) is 3.88. The lowest BCUT2D eigenvalue weighted by atomic mass is 9.87. The quantitative estimate of drug-likeness (QED) is 0.887. The smallest absolute Gasteiger partial charge is 0.119 e. The molecule has 3 aliphatic carbocycles. The SMILES string of the molecule is COc1ccc2c(c1)CC(NCC1(C3CC3)CC1)CC2. The summed E-state index contributed by atoms with van der Waals surface area (Å²) in [7, 11) is 1.76. The van der Waals surface area contributed by atoms with Crippen molar-refractivity contribution in [2.45, 2.75) is 51.0 Å². The molecule has 0 aromatic heterocycles. The molecule has 1 aromatic carbocycles. The van der Waals surface area contributed by atoms with Crippen LogP contribution >= 0.6 is 0 Å². The molecule has 0 spiro atoms. The Morgan fingerprint density at radius 3 is 2.75 bits per heavy atom. The summed E-state index contributed by atoms with van der Waals surface area (Å²) in [4.78, 5) is 0. The second-order valence-electron chi connectivity index (χ2n) is 7.09. The monoisotopic (exact) mass is 271 g/mol. The van der Waals surface area contributed by atoms with Gasteiger partial charge in [-0.3, -0.25) is 0 Å². The van der Waals surface area contributed by atoms with Gasteiger partial charge < -0.3 is 10.1 Å². The minimum atomic E-state index is 0.672. The molecule has 0 amide bonds. The van der Waals surface area contributed by atoms with E-state index < -0.39 is 0 Å². The van der Waals surface area contributed by atoms with Gasteiger partial charge in [-0.05, 0) is 79.5 Å². The lowest BCUT2D eigenvalue weighted by Crippen LogP contribution is -2.38. The van der Waals surface area contributed by atoms with Crippen molar-refractivity contribution in [1.29, 1.82) is 0 Å². The molecule has 0 bridgehead atoms. The maximum atomic E-state index is 5.36. The number of rotatable bonds is 5. The van der Waals surface area contributed by atoms with Crippen LogP contribution in [0.5, 0.6) is 5.75 Å². The summed E-state index contributed by atoms with van der Waals surface area (Å²) >= 11 is 0. The van der Waals surface area contributed by atoms with Crippen LogP contribution in [0.4, 0.5) is 0 Å². The molecule has 108 valence electrons. The van der Waals surface area contributed by atoms with E-state index in [-0.39, 0.29) is 0 Å². The van der Waals surface area contributed by atoms with Crippen LogP contribution in [0.15, 0.2) is 18.2 Å². The molecule has 2 fully saturated rings. The molecular weight excluding hydrogens is 246 g/mol. The molecule has 1 unspecified atom stereocenters. The van der Waals surface area contributed by atoms with Crippen molar-refractivity contribution in [2.75, 3.05) is 13.7 Å². The van der Waals surface area contributed by atoms with Crippen LogP contribution in [0.25, 0.3) is 0 Å². The minimum Gasteiger partial charge on any atom is -0.497 e. The molecule has 20 heavy (non-hydrogen) atoms. The van der Waals surface area contributed by atoms with Gasteiger partial charge in [-0.2, -0.15) is 0 Å². The fourth-order valence-corrected chi connectivity index (χ4v) is 3.97. The van der Waals surface area contributed by atoms with E-state index in [2.05, 4.69) is 23.5 Å². The maximum absolute atomic E-state index is 5.36. The first-order valence-electron chi connectivity index (χ1n) is 8.18. The summed E-state index contributed by atoms with van der Waals surface area (Å²) < 4.78 is 5.36. The van der Waals surface area contributed by atoms with Crippen LogP contribution in [-0.4, -0.2) is 19.7 Å². The molecule has 1 atom stereocenters. The zero-order valence-electron chi connectivity index (χ0n) is 12.5. The molecular formula is C18H25NO. The molecule has 0 aliphatic heterocycles. The number of hydrogen-bond donors (Lipinski definition) is 1. The van der Waals surface area contributed by atoms with Crippen molar-refractivity contribution >= 4 is 0 Å². The van der Waals surface area contributed by atoms with Gasteiger partial charge in [-0.25, -0.2) is 0 Å². The van der Waals surface area contributed by atoms with Crippen molar-refractivity contribution in [1.82, 2.24) is 5.32 Å². The van der Waals surface area contributed by atoms with Gasteiger partial charge in [0.2, 0.25) is 0 Å². The standard InChI is InChI=1S/C18H25NO/c1-20-17-7-3-13-2-6-16(10-14(13)11-17)19-12-18(8-9-18)15-4-5-15/h3,7,11,15-16,19H,2,4-6,8-10,12H2,1H3. The summed E-state index contributed by atoms with van der Waals surface area (Å²) in [5.74, 6) is 2.06. The zero-order chi connectivity index (χ0) is 13.6. The average Bonchev–Trinajstić information content (AvgIpc) is 3.37. The van der Waals surface area contributed by atoms with Gasteiger partial charge in [-0.15, -0.1) is 0 Å². The van der Waals surface area contributed by atoms with E-state index in [1.165, 1.54) is 62.6 Å². The summed E-state index contributed by atoms with van der Waals surface area (Å²) in [6, 6.07) is 7.25. The van der Waals surface area contributed by atoms with E-state index in [0.29, 0.717) is 11.5 Å². The topological polar surface area (TPSA) is 21.3 Å². The molecule has 2 heteroatoms. The van der Waals surface area contributed by atoms with Crippen molar-refractivity contribution in [2.24, 2.45) is 11.3 Å². The number of aryl methyl sites for hydroxylation is 1. The van der Waals surface area contributed by atoms with Crippen LogP contribution in [0, 0.1) is 11.3 Å². The molecule has 0 radical (unpaired) electrons. The first-order valence-corrected chi connectivity index (χ1v) is 8.18. The van der Waals surface area contributed by atoms with Gasteiger partial charge in [0.25, 0.3) is 0 Å². The van der Waals surface area contributed by atoms with Crippen LogP contribution in [0.2, 0.25) is 0 Å². The Hall–Kier alpha value is -1.02. The normalized spacial score (nSPS) is 26.9. The van der Waals surface area contributed by atoms with Crippen molar-refractivity contribution in [3.63, 3.8) is 0 Å². The fraction of sp³-hybridized carbons (Fsp3) is 0.667. The van der Waals surface area contributed by atoms with Gasteiger partial charge in [-0.1, -0.05) is 6.07 Å². The van der Waals surface area contributed by atoms with Gasteiger partial charge in [0.1, 0.15) is 5.75 Å². The van der Waals surface area contributed by atoms with E-state index in [1.807, 2.05) is 0 Å². The number of fused-ring (bicyclic) bond motifs is 1. The average molecular weight is 271 g/mol. The summed E-state index contributed by atoms with van der Waals surface area (Å²) in [5.41, 5.74) is 3.73. The third-order valence-electron chi connectivity index (χ3n) is 5.72. The highest BCUT2D eigenvalue weighted by Gasteiger charge is 2.53. The van der Waals surface area contributed by atoms with E-state index in [0.717, 1.165) is 11.7 Å². The molecule has 0 saturated heterocycles. The Labute approximate surface area is 121 Å². The van der Waals surface area contributed by atoms with Crippen molar-refractivity contribution in [3.8, 4) is 5.75 Å². The van der Waals surface area contributed by atoms with E-state index in [9.17, 15) is 0 Å². The number of benzene rings is 1. The van der Waals surface area contributed by atoms with Gasteiger partial charge in [0.05, 0.1) is 7.11 Å². The van der Waals surface area contributed by atoms with Crippen LogP contribution in [0.3, 0.4) is 0 Å². The van der Waals surface area contributed by atoms with Crippen LogP contribution < -0.4 is 10.1 Å². The third-order valence-corrected chi connectivity index (χ3v) is 5.72. The zero-order valence-corrected chi connectivity index (χ0v) is 12.5. The minimum absolute atomic E-state index is 0.672. The van der Waals surface area contributed by atoms with Crippen LogP contribution in [-0.2, 0) is 12.8 Å². The van der Waals surface area contributed by atoms with E-state index in [1.54, 1.807) is 7.11 Å². The van der Waals surface area contributed by atoms with Gasteiger partial charge in [0.15, 0.2) is 0 Å². The second kappa shape index (κ2) is 4.77. The molecule has 0 heterocycles. The lowest BCUT2D eigenvalue weighted by molar-refractivity contribution is 0.354. The van der Waals surface area contributed by atoms with E-state index >= 15 is 0 Å². The van der Waals surface area contributed by atoms with Gasteiger partial charge in [0, 0.05) is 12.6 Å². The highest BCUT2D eigenvalue weighted by atomic mass is 16.5. The van der Waals surface area contributed by atoms with Gasteiger partial charge >= 0.3 is 0 Å². The summed E-state index contributed by atoms with van der Waals surface area (Å²) in [6.45, 7) is 1.27. The van der Waals surface area contributed by atoms with Crippen LogP contribution in [0.1, 0.15) is 43.2 Å². The third kappa shape index (κ3) is 2.35. The number of nitrogens with one attached hydrogen (secondary N) is 1. The Morgan fingerprint density at radius 1 is 1.20 bits per heavy atom. The Balaban J connectivity index is 1.39. The molecule has 2 nitrogen and oxygen atoms in total. The maximum Gasteiger partial charge on any atom is 0.119 e. The highest BCUT2D eigenvalue weighted by molar-refractivity contribution is 5.37. The molecule has 1 N–H and O–H groups in total. The molecule has 2 saturated carbocycles. The fourth-order valence-electron chi connectivity index (χ4n) is 3.97. The Morgan fingerprint density at radius 2 is 2.05 bits per heavy atom. The highest BCUT2D eigenvalue weighted by Crippen LogP contribution is 2.60. The molecule has 4 rings (SSSR count). The number of methoxy groups -OCH3 is 1. The van der Waals surface area contributed by atoms with E-state index in [4.69, 9.17) is 4.74 Å². The lowest BCUT2D eigenvalue weighted by Gasteiger charge is -2.28. The van der Waals surface area contributed by atoms with Crippen molar-refractivity contribution < 1.29 is 4.74 Å². The Bertz CT molecular complexity index is 502. The Kier molecular flexibility index (Phi) is 3.03. The van der Waals surface area contributed by atoms with Crippen molar-refractivity contribution in [3.05, 3.63) is 29.3 Å². The second-order valence-corrected chi connectivity index (χ2v) is 7.09. The predicted octanol–water partition coefficient (Wildman–Crippen LogP) is 3.33. The number of ether oxygens (including phenoxy) is 1. The predicted molar refractivity (Wildman–Crippen MR) is 81.2 cm³/mol. The molecule has 1 aromatic rings. The largest absolute Gasteiger partial charge is 0.497 e. The number of hydrogen-bond acceptors (Lipinski definition) is 2. The first-order chi connectivity index (χ1) is 9.79. The first kappa shape index (κ1) is 12.7. The summed E-state index contributed by atoms with van der Waals surface area (Å²) in [6.07, 6.45) is 9.61. The molecule has 3 aliphatic rings.